The standard InChI is InChI=1S/C17H20N2O4/c1-10-13(16(20)22-4)15(12-8-6-7-9-18-12)14(17(21)23-5)11(2)19(10)3/h6-9,15H,1-5H3/p+1. The largest absolute Gasteiger partial charge is 0.466 e. The summed E-state index contributed by atoms with van der Waals surface area (Å²) in [4.78, 5) is 29.7. The highest BCUT2D eigenvalue weighted by molar-refractivity contribution is 5.99. The predicted molar refractivity (Wildman–Crippen MR) is 82.9 cm³/mol. The van der Waals surface area contributed by atoms with Crippen molar-refractivity contribution in [3.05, 3.63) is 52.6 Å². The number of methoxy groups -OCH3 is 2. The van der Waals surface area contributed by atoms with Gasteiger partial charge in [0.1, 0.15) is 5.92 Å². The summed E-state index contributed by atoms with van der Waals surface area (Å²) in [6.07, 6.45) is 1.75. The third-order valence-electron chi connectivity index (χ3n) is 4.22. The summed E-state index contributed by atoms with van der Waals surface area (Å²) in [6, 6.07) is 5.52. The van der Waals surface area contributed by atoms with Crippen LogP contribution in [0.4, 0.5) is 0 Å². The van der Waals surface area contributed by atoms with Crippen LogP contribution in [-0.2, 0) is 19.1 Å². The van der Waals surface area contributed by atoms with E-state index in [9.17, 15) is 9.59 Å². The number of nitrogens with zero attached hydrogens (tertiary/aromatic N) is 1. The molecular weight excluding hydrogens is 296 g/mol. The molecule has 1 aromatic rings. The van der Waals surface area contributed by atoms with Gasteiger partial charge >= 0.3 is 11.9 Å². The Bertz CT molecular complexity index is 652. The monoisotopic (exact) mass is 317 g/mol. The predicted octanol–water partition coefficient (Wildman–Crippen LogP) is 1.42. The lowest BCUT2D eigenvalue weighted by molar-refractivity contribution is -0.391. The lowest BCUT2D eigenvalue weighted by Gasteiger charge is -2.33. The van der Waals surface area contributed by atoms with Gasteiger partial charge in [-0.2, -0.15) is 0 Å². The Morgan fingerprint density at radius 2 is 1.57 bits per heavy atom. The number of pyridine rings is 1. The third-order valence-corrected chi connectivity index (χ3v) is 4.22. The minimum absolute atomic E-state index is 0.420. The maximum Gasteiger partial charge on any atom is 0.336 e. The fourth-order valence-electron chi connectivity index (χ4n) is 2.82. The molecule has 122 valence electrons. The zero-order valence-corrected chi connectivity index (χ0v) is 14.0. The molecule has 1 aromatic heterocycles. The molecule has 0 atom stereocenters. The number of esters is 2. The first kappa shape index (κ1) is 16.7. The van der Waals surface area contributed by atoms with Crippen LogP contribution in [0.2, 0.25) is 0 Å². The van der Waals surface area contributed by atoms with E-state index in [1.54, 1.807) is 11.1 Å². The van der Waals surface area contributed by atoms with E-state index in [1.165, 1.54) is 14.2 Å². The fraction of sp³-hybridized carbons (Fsp3) is 0.353. The van der Waals surface area contributed by atoms with Crippen LogP contribution in [0.15, 0.2) is 46.9 Å². The number of aromatic nitrogens is 1. The Morgan fingerprint density at radius 3 is 1.96 bits per heavy atom. The van der Waals surface area contributed by atoms with Crippen LogP contribution in [0.3, 0.4) is 0 Å². The molecular formula is C17H21N2O4+. The fourth-order valence-corrected chi connectivity index (χ4v) is 2.82. The van der Waals surface area contributed by atoms with Crippen molar-refractivity contribution in [2.24, 2.45) is 0 Å². The highest BCUT2D eigenvalue weighted by Crippen LogP contribution is 2.40. The Morgan fingerprint density at radius 1 is 1.04 bits per heavy atom. The lowest BCUT2D eigenvalue weighted by Crippen LogP contribution is -2.35. The van der Waals surface area contributed by atoms with E-state index in [0.717, 1.165) is 17.1 Å². The van der Waals surface area contributed by atoms with Crippen LogP contribution >= 0.6 is 0 Å². The van der Waals surface area contributed by atoms with E-state index in [1.807, 2.05) is 39.1 Å². The molecule has 0 unspecified atom stereocenters. The van der Waals surface area contributed by atoms with Gasteiger partial charge in [-0.25, -0.2) is 14.6 Å². The second-order valence-corrected chi connectivity index (χ2v) is 5.29. The Hall–Kier alpha value is -2.63. The maximum atomic E-state index is 12.4. The highest BCUT2D eigenvalue weighted by atomic mass is 16.5. The van der Waals surface area contributed by atoms with Gasteiger partial charge in [0.25, 0.3) is 0 Å². The molecule has 1 aliphatic heterocycles. The first-order valence-electron chi connectivity index (χ1n) is 7.22. The van der Waals surface area contributed by atoms with E-state index < -0.39 is 17.9 Å². The second kappa shape index (κ2) is 6.64. The van der Waals surface area contributed by atoms with Crippen molar-refractivity contribution in [1.82, 2.24) is 4.90 Å². The van der Waals surface area contributed by atoms with Gasteiger partial charge in [-0.15, -0.1) is 0 Å². The van der Waals surface area contributed by atoms with Crippen molar-refractivity contribution < 1.29 is 24.0 Å². The first-order valence-corrected chi connectivity index (χ1v) is 7.22. The average Bonchev–Trinajstić information content (AvgIpc) is 2.58. The van der Waals surface area contributed by atoms with Crippen LogP contribution in [0.1, 0.15) is 25.5 Å². The van der Waals surface area contributed by atoms with Gasteiger partial charge in [0.2, 0.25) is 0 Å². The normalized spacial score (nSPS) is 15.8. The quantitative estimate of drug-likeness (QED) is 0.789. The zero-order chi connectivity index (χ0) is 17.1. The number of allylic oxidation sites excluding steroid dienone is 2. The maximum absolute atomic E-state index is 12.4. The number of hydrogen-bond donors (Lipinski definition) is 0. The molecule has 0 bridgehead atoms. The van der Waals surface area contributed by atoms with Crippen LogP contribution in [-0.4, -0.2) is 38.1 Å². The first-order chi connectivity index (χ1) is 10.9. The van der Waals surface area contributed by atoms with Gasteiger partial charge < -0.3 is 14.4 Å². The summed E-state index contributed by atoms with van der Waals surface area (Å²) >= 11 is 0. The van der Waals surface area contributed by atoms with Gasteiger partial charge in [-0.3, -0.25) is 0 Å². The summed E-state index contributed by atoms with van der Waals surface area (Å²) in [5.74, 6) is -1.50. The van der Waals surface area contributed by atoms with Crippen molar-refractivity contribution >= 4 is 11.9 Å². The number of carbonyl (C=O) groups excluding carboxylic acids is 2. The van der Waals surface area contributed by atoms with Crippen LogP contribution in [0, 0.1) is 0 Å². The molecule has 2 heterocycles. The number of nitrogens with one attached hydrogen (secondary N) is 1. The van der Waals surface area contributed by atoms with E-state index in [0.29, 0.717) is 11.1 Å². The van der Waals surface area contributed by atoms with E-state index in [2.05, 4.69) is 4.98 Å². The molecule has 6 nitrogen and oxygen atoms in total. The molecule has 0 saturated heterocycles. The number of ether oxygens (including phenoxy) is 2. The molecule has 6 heteroatoms. The molecule has 0 radical (unpaired) electrons. The molecule has 1 aliphatic rings. The number of aromatic amines is 1. The smallest absolute Gasteiger partial charge is 0.336 e. The highest BCUT2D eigenvalue weighted by Gasteiger charge is 2.42. The molecule has 1 N–H and O–H groups in total. The number of carbonyl (C=O) groups is 2. The van der Waals surface area contributed by atoms with Crippen molar-refractivity contribution in [3.63, 3.8) is 0 Å². The number of hydrogen-bond acceptors (Lipinski definition) is 5. The summed E-state index contributed by atoms with van der Waals surface area (Å²) in [6.45, 7) is 3.67. The third kappa shape index (κ3) is 2.84. The van der Waals surface area contributed by atoms with E-state index in [-0.39, 0.29) is 0 Å². The lowest BCUT2D eigenvalue weighted by atomic mass is 9.82. The molecule has 0 aromatic carbocycles. The van der Waals surface area contributed by atoms with Crippen molar-refractivity contribution in [2.75, 3.05) is 21.3 Å². The van der Waals surface area contributed by atoms with Gasteiger partial charge in [-0.05, 0) is 13.8 Å². The summed E-state index contributed by atoms with van der Waals surface area (Å²) < 4.78 is 9.89. The van der Waals surface area contributed by atoms with Gasteiger partial charge in [0.05, 0.1) is 25.4 Å². The Kier molecular flexibility index (Phi) is 4.83. The number of rotatable bonds is 3. The van der Waals surface area contributed by atoms with Gasteiger partial charge in [0.15, 0.2) is 11.9 Å². The summed E-state index contributed by atoms with van der Waals surface area (Å²) in [5.41, 5.74) is 3.04. The van der Waals surface area contributed by atoms with E-state index in [4.69, 9.17) is 9.47 Å². The molecule has 0 aliphatic carbocycles. The summed E-state index contributed by atoms with van der Waals surface area (Å²) in [7, 11) is 4.47. The molecule has 2 rings (SSSR count). The van der Waals surface area contributed by atoms with Crippen LogP contribution in [0.5, 0.6) is 0 Å². The van der Waals surface area contributed by atoms with Crippen molar-refractivity contribution in [2.45, 2.75) is 19.8 Å². The number of H-pyrrole nitrogens is 1. The average molecular weight is 317 g/mol. The minimum Gasteiger partial charge on any atom is -0.466 e. The van der Waals surface area contributed by atoms with Gasteiger partial charge in [-0.1, -0.05) is 6.07 Å². The molecule has 0 fully saturated rings. The van der Waals surface area contributed by atoms with Crippen molar-refractivity contribution in [3.8, 4) is 0 Å². The van der Waals surface area contributed by atoms with Crippen molar-refractivity contribution in [1.29, 1.82) is 0 Å². The zero-order valence-electron chi connectivity index (χ0n) is 14.0. The van der Waals surface area contributed by atoms with Gasteiger partial charge in [0, 0.05) is 30.6 Å². The SMILES string of the molecule is COC(=O)C1=C(C)N(C)C(C)=C(C(=O)OC)C1c1cccc[nH+]1. The summed E-state index contributed by atoms with van der Waals surface area (Å²) in [5, 5.41) is 0. The Balaban J connectivity index is 2.74. The van der Waals surface area contributed by atoms with Crippen LogP contribution in [0.25, 0.3) is 0 Å². The molecule has 23 heavy (non-hydrogen) atoms. The topological polar surface area (TPSA) is 70.0 Å². The minimum atomic E-state index is -0.563. The molecule has 0 amide bonds. The van der Waals surface area contributed by atoms with Crippen LogP contribution < -0.4 is 4.98 Å². The molecule has 0 saturated carbocycles. The Labute approximate surface area is 135 Å². The molecule has 0 spiro atoms. The van der Waals surface area contributed by atoms with E-state index >= 15 is 0 Å². The second-order valence-electron chi connectivity index (χ2n) is 5.29.